The Bertz CT molecular complexity index is 332. The number of hydrogen-bond acceptors (Lipinski definition) is 8. The summed E-state index contributed by atoms with van der Waals surface area (Å²) < 4.78 is 0. The summed E-state index contributed by atoms with van der Waals surface area (Å²) in [6.07, 6.45) is 0. The predicted octanol–water partition coefficient (Wildman–Crippen LogP) is 2.08. The van der Waals surface area contributed by atoms with Gasteiger partial charge in [0.25, 0.3) is 0 Å². The number of nitrogens with zero attached hydrogens (tertiary/aromatic N) is 2. The van der Waals surface area contributed by atoms with Crippen molar-refractivity contribution in [1.82, 2.24) is 0 Å². The summed E-state index contributed by atoms with van der Waals surface area (Å²) in [5.41, 5.74) is 2.42. The fraction of sp³-hybridized carbons (Fsp3) is 0. The predicted molar refractivity (Wildman–Crippen MR) is 48.2 cm³/mol. The van der Waals surface area contributed by atoms with E-state index in [1.165, 1.54) is 12.1 Å². The van der Waals surface area contributed by atoms with Gasteiger partial charge in [0.1, 0.15) is 0 Å². The molecule has 8 heteroatoms. The zero-order valence-electron chi connectivity index (χ0n) is 6.76. The molecule has 8 nitrogen and oxygen atoms in total. The molecule has 0 aliphatic heterocycles. The van der Waals surface area contributed by atoms with Crippen LogP contribution in [-0.4, -0.2) is 10.4 Å². The van der Waals surface area contributed by atoms with E-state index in [1.807, 2.05) is 0 Å². The van der Waals surface area contributed by atoms with E-state index in [0.29, 0.717) is 0 Å². The van der Waals surface area contributed by atoms with E-state index in [9.17, 15) is 9.81 Å². The molecule has 0 atom stereocenters. The lowest BCUT2D eigenvalue weighted by Gasteiger charge is -2.06. The van der Waals surface area contributed by atoms with Crippen molar-refractivity contribution in [3.63, 3.8) is 0 Å². The van der Waals surface area contributed by atoms with Crippen molar-refractivity contribution in [3.8, 4) is 0 Å². The van der Waals surface area contributed by atoms with Gasteiger partial charge in [-0.15, -0.1) is 9.81 Å². The summed E-state index contributed by atoms with van der Waals surface area (Å²) >= 11 is 0. The highest BCUT2D eigenvalue weighted by atomic mass is 16.5. The van der Waals surface area contributed by atoms with Gasteiger partial charge < -0.3 is 0 Å². The molecule has 1 aromatic carbocycles. The van der Waals surface area contributed by atoms with E-state index in [1.54, 1.807) is 11.0 Å². The Morgan fingerprint density at radius 3 is 1.50 bits per heavy atom. The Balaban J connectivity index is 3.43. The summed E-state index contributed by atoms with van der Waals surface area (Å²) in [4.78, 5) is 20.6. The molecule has 74 valence electrons. The van der Waals surface area contributed by atoms with Crippen molar-refractivity contribution in [2.24, 2.45) is 10.4 Å². The minimum atomic E-state index is -0.387. The maximum Gasteiger partial charge on any atom is 0.164 e. The molecular formula is C6H6N4O4. The number of benzene rings is 1. The van der Waals surface area contributed by atoms with Crippen LogP contribution in [0.4, 0.5) is 22.7 Å². The average Bonchev–Trinajstić information content (AvgIpc) is 2.26. The Kier molecular flexibility index (Phi) is 3.05. The third-order valence-electron chi connectivity index (χ3n) is 1.57. The Hall–Kier alpha value is -2.06. The number of rotatable bonds is 4. The minimum Gasteiger partial charge on any atom is -0.291 e. The summed E-state index contributed by atoms with van der Waals surface area (Å²) in [6, 6.07) is 2.48. The first-order valence-electron chi connectivity index (χ1n) is 3.42. The van der Waals surface area contributed by atoms with Crippen LogP contribution in [0, 0.1) is 9.81 Å². The molecule has 0 aliphatic carbocycles. The largest absolute Gasteiger partial charge is 0.291 e. The number of nitroso groups, excluding NO2 is 2. The molecule has 0 unspecified atom stereocenters. The fourth-order valence-corrected chi connectivity index (χ4v) is 0.945. The van der Waals surface area contributed by atoms with Crippen LogP contribution in [0.5, 0.6) is 0 Å². The summed E-state index contributed by atoms with van der Waals surface area (Å²) in [6.45, 7) is 0. The van der Waals surface area contributed by atoms with Crippen molar-refractivity contribution in [1.29, 1.82) is 0 Å². The van der Waals surface area contributed by atoms with E-state index in [2.05, 4.69) is 10.4 Å². The number of anilines is 2. The molecule has 0 aliphatic rings. The topological polar surface area (TPSA) is 123 Å². The molecule has 0 saturated carbocycles. The molecule has 0 spiro atoms. The molecule has 0 bridgehead atoms. The van der Waals surface area contributed by atoms with Crippen LogP contribution in [0.3, 0.4) is 0 Å². The van der Waals surface area contributed by atoms with Gasteiger partial charge in [0, 0.05) is 0 Å². The molecule has 0 amide bonds. The van der Waals surface area contributed by atoms with E-state index in [-0.39, 0.29) is 22.7 Å². The average molecular weight is 198 g/mol. The van der Waals surface area contributed by atoms with Gasteiger partial charge in [0.2, 0.25) is 0 Å². The van der Waals surface area contributed by atoms with E-state index in [4.69, 9.17) is 10.4 Å². The molecular weight excluding hydrogens is 192 g/mol. The molecule has 14 heavy (non-hydrogen) atoms. The maximum atomic E-state index is 10.3. The van der Waals surface area contributed by atoms with Gasteiger partial charge in [-0.2, -0.15) is 0 Å². The minimum absolute atomic E-state index is 0.0754. The Morgan fingerprint density at radius 1 is 0.929 bits per heavy atom. The van der Waals surface area contributed by atoms with Gasteiger partial charge in [-0.25, -0.2) is 0 Å². The van der Waals surface area contributed by atoms with E-state index in [0.717, 1.165) is 0 Å². The quantitative estimate of drug-likeness (QED) is 0.433. The van der Waals surface area contributed by atoms with E-state index >= 15 is 0 Å². The SMILES string of the molecule is O=Nc1c(NO)ccc(NO)c1N=O. The zero-order chi connectivity index (χ0) is 10.6. The monoisotopic (exact) mass is 198 g/mol. The second kappa shape index (κ2) is 4.25. The molecule has 0 aromatic heterocycles. The lowest BCUT2D eigenvalue weighted by atomic mass is 10.2. The van der Waals surface area contributed by atoms with Crippen molar-refractivity contribution in [3.05, 3.63) is 21.9 Å². The highest BCUT2D eigenvalue weighted by Gasteiger charge is 2.14. The lowest BCUT2D eigenvalue weighted by molar-refractivity contribution is 0.387. The highest BCUT2D eigenvalue weighted by molar-refractivity contribution is 5.86. The van der Waals surface area contributed by atoms with Gasteiger partial charge in [-0.1, -0.05) is 0 Å². The molecule has 0 saturated heterocycles. The smallest absolute Gasteiger partial charge is 0.164 e. The lowest BCUT2D eigenvalue weighted by Crippen LogP contribution is -1.93. The fourth-order valence-electron chi connectivity index (χ4n) is 0.945. The zero-order valence-corrected chi connectivity index (χ0v) is 6.76. The van der Waals surface area contributed by atoms with Crippen molar-refractivity contribution < 1.29 is 10.4 Å². The van der Waals surface area contributed by atoms with Crippen LogP contribution < -0.4 is 11.0 Å². The molecule has 0 radical (unpaired) electrons. The first-order chi connectivity index (χ1) is 6.78. The van der Waals surface area contributed by atoms with Crippen molar-refractivity contribution in [2.75, 3.05) is 11.0 Å². The summed E-state index contributed by atoms with van der Waals surface area (Å²) in [7, 11) is 0. The van der Waals surface area contributed by atoms with Crippen LogP contribution in [0.25, 0.3) is 0 Å². The van der Waals surface area contributed by atoms with E-state index < -0.39 is 0 Å². The first-order valence-corrected chi connectivity index (χ1v) is 3.42. The Labute approximate surface area is 77.4 Å². The van der Waals surface area contributed by atoms with Gasteiger partial charge in [-0.3, -0.25) is 21.4 Å². The maximum absolute atomic E-state index is 10.3. The van der Waals surface area contributed by atoms with Crippen LogP contribution >= 0.6 is 0 Å². The van der Waals surface area contributed by atoms with Crippen LogP contribution in [-0.2, 0) is 0 Å². The standard InChI is InChI=1S/C6H6N4O4/c11-7-3-1-2-4(8-12)6(10-14)5(3)9-13/h1-2,7-8,11-12H. The second-order valence-electron chi connectivity index (χ2n) is 2.26. The van der Waals surface area contributed by atoms with Gasteiger partial charge in [-0.05, 0) is 22.5 Å². The molecule has 1 rings (SSSR count). The third kappa shape index (κ3) is 1.51. The molecule has 0 heterocycles. The van der Waals surface area contributed by atoms with Gasteiger partial charge in [0.05, 0.1) is 11.4 Å². The van der Waals surface area contributed by atoms with Crippen LogP contribution in [0.2, 0.25) is 0 Å². The molecule has 0 fully saturated rings. The molecule has 1 aromatic rings. The first kappa shape index (κ1) is 10.0. The molecule has 4 N–H and O–H groups in total. The third-order valence-corrected chi connectivity index (χ3v) is 1.57. The van der Waals surface area contributed by atoms with Gasteiger partial charge in [0.15, 0.2) is 11.4 Å². The van der Waals surface area contributed by atoms with Crippen LogP contribution in [0.1, 0.15) is 0 Å². The van der Waals surface area contributed by atoms with Crippen molar-refractivity contribution in [2.45, 2.75) is 0 Å². The van der Waals surface area contributed by atoms with Crippen molar-refractivity contribution >= 4 is 22.7 Å². The number of hydrogen-bond donors (Lipinski definition) is 4. The number of nitrogens with one attached hydrogen (secondary N) is 2. The normalized spacial score (nSPS) is 9.29. The summed E-state index contributed by atoms with van der Waals surface area (Å²) in [5, 5.41) is 22.1. The second-order valence-corrected chi connectivity index (χ2v) is 2.26. The van der Waals surface area contributed by atoms with Crippen LogP contribution in [0.15, 0.2) is 22.5 Å². The highest BCUT2D eigenvalue weighted by Crippen LogP contribution is 2.40. The van der Waals surface area contributed by atoms with Gasteiger partial charge >= 0.3 is 0 Å². The Morgan fingerprint density at radius 2 is 1.29 bits per heavy atom. The summed E-state index contributed by atoms with van der Waals surface area (Å²) in [5.74, 6) is 0.